The normalized spacial score (nSPS) is 15.7. The number of nitrogens with zero attached hydrogens (tertiary/aromatic N) is 3. The molecule has 7 nitrogen and oxygen atoms in total. The van der Waals surface area contributed by atoms with E-state index in [4.69, 9.17) is 4.74 Å². The molecule has 0 saturated heterocycles. The molecule has 1 N–H and O–H groups in total. The molecule has 0 radical (unpaired) electrons. The van der Waals surface area contributed by atoms with Crippen molar-refractivity contribution in [1.82, 2.24) is 9.13 Å². The second kappa shape index (κ2) is 8.16. The van der Waals surface area contributed by atoms with E-state index in [0.29, 0.717) is 23.5 Å². The number of ether oxygens (including phenoxy) is 1. The van der Waals surface area contributed by atoms with E-state index in [-0.39, 0.29) is 17.3 Å². The van der Waals surface area contributed by atoms with Crippen molar-refractivity contribution in [3.63, 3.8) is 0 Å². The number of rotatable bonds is 5. The third kappa shape index (κ3) is 3.19. The number of para-hydroxylation sites is 1. The Morgan fingerprint density at radius 2 is 1.72 bits per heavy atom. The highest BCUT2D eigenvalue weighted by atomic mass is 16.5. The number of aromatic hydroxyl groups is 1. The number of phenolic OH excluding ortho intramolecular Hbond substituents is 1. The largest absolute Gasteiger partial charge is 0.506 e. The van der Waals surface area contributed by atoms with Crippen LogP contribution in [-0.4, -0.2) is 27.3 Å². The van der Waals surface area contributed by atoms with Crippen LogP contribution < -0.4 is 15.3 Å². The summed E-state index contributed by atoms with van der Waals surface area (Å²) in [5.74, 6) is 0.826. The molecular formula is C29H27N3O4. The monoisotopic (exact) mass is 481 g/mol. The number of anilines is 1. The maximum Gasteiger partial charge on any atom is 0.332 e. The molecule has 1 fully saturated rings. The van der Waals surface area contributed by atoms with Gasteiger partial charge in [-0.05, 0) is 60.4 Å². The number of phenols is 1. The molecule has 0 bridgehead atoms. The SMILES string of the molecule is COc1ccc(CN2C(=O)C3(CCC3)c3cc(-c4cn(C)c(=O)n4-c4ccccc4)cc(O)c32)cc1. The molecule has 1 aliphatic heterocycles. The first-order chi connectivity index (χ1) is 17.4. The molecule has 3 aromatic carbocycles. The highest BCUT2D eigenvalue weighted by Gasteiger charge is 2.55. The van der Waals surface area contributed by atoms with Crippen molar-refractivity contribution in [2.75, 3.05) is 12.0 Å². The van der Waals surface area contributed by atoms with Gasteiger partial charge in [-0.3, -0.25) is 9.36 Å². The van der Waals surface area contributed by atoms with E-state index in [9.17, 15) is 14.7 Å². The van der Waals surface area contributed by atoms with E-state index in [1.54, 1.807) is 35.9 Å². The Labute approximate surface area is 208 Å². The van der Waals surface area contributed by atoms with Crippen LogP contribution in [0.25, 0.3) is 16.9 Å². The van der Waals surface area contributed by atoms with Crippen LogP contribution in [0.2, 0.25) is 0 Å². The van der Waals surface area contributed by atoms with E-state index in [0.717, 1.165) is 41.8 Å². The van der Waals surface area contributed by atoms with E-state index in [1.165, 1.54) is 4.57 Å². The van der Waals surface area contributed by atoms with Crippen LogP contribution in [0.3, 0.4) is 0 Å². The topological polar surface area (TPSA) is 76.7 Å². The number of aryl methyl sites for hydroxylation is 1. The van der Waals surface area contributed by atoms with Gasteiger partial charge in [0.25, 0.3) is 0 Å². The lowest BCUT2D eigenvalue weighted by molar-refractivity contribution is -0.126. The van der Waals surface area contributed by atoms with Crippen LogP contribution in [0.4, 0.5) is 5.69 Å². The summed E-state index contributed by atoms with van der Waals surface area (Å²) in [4.78, 5) is 28.5. The van der Waals surface area contributed by atoms with Crippen molar-refractivity contribution in [2.24, 2.45) is 7.05 Å². The van der Waals surface area contributed by atoms with Gasteiger partial charge < -0.3 is 19.3 Å². The van der Waals surface area contributed by atoms with Gasteiger partial charge in [-0.1, -0.05) is 36.8 Å². The van der Waals surface area contributed by atoms with Gasteiger partial charge in [0.2, 0.25) is 5.91 Å². The molecule has 1 amide bonds. The number of aromatic nitrogens is 2. The van der Waals surface area contributed by atoms with E-state index in [1.807, 2.05) is 60.7 Å². The van der Waals surface area contributed by atoms with Crippen molar-refractivity contribution in [3.8, 4) is 28.4 Å². The molecule has 1 aromatic heterocycles. The molecule has 1 saturated carbocycles. The van der Waals surface area contributed by atoms with Gasteiger partial charge >= 0.3 is 5.69 Å². The predicted octanol–water partition coefficient (Wildman–Crippen LogP) is 4.53. The Morgan fingerprint density at radius 3 is 2.36 bits per heavy atom. The summed E-state index contributed by atoms with van der Waals surface area (Å²) >= 11 is 0. The summed E-state index contributed by atoms with van der Waals surface area (Å²) in [5, 5.41) is 11.3. The predicted molar refractivity (Wildman–Crippen MR) is 138 cm³/mol. The summed E-state index contributed by atoms with van der Waals surface area (Å²) in [6, 6.07) is 20.7. The number of benzene rings is 3. The summed E-state index contributed by atoms with van der Waals surface area (Å²) in [7, 11) is 3.33. The van der Waals surface area contributed by atoms with E-state index in [2.05, 4.69) is 0 Å². The number of carbonyl (C=O) groups excluding carboxylic acids is 1. The fourth-order valence-corrected chi connectivity index (χ4v) is 5.56. The lowest BCUT2D eigenvalue weighted by Crippen LogP contribution is -2.44. The Kier molecular flexibility index (Phi) is 5.03. The van der Waals surface area contributed by atoms with Crippen LogP contribution in [0, 0.1) is 0 Å². The fourth-order valence-electron chi connectivity index (χ4n) is 5.56. The van der Waals surface area contributed by atoms with E-state index < -0.39 is 5.41 Å². The van der Waals surface area contributed by atoms with Gasteiger partial charge in [0.15, 0.2) is 0 Å². The van der Waals surface area contributed by atoms with Crippen LogP contribution in [0.5, 0.6) is 11.5 Å². The van der Waals surface area contributed by atoms with Crippen molar-refractivity contribution < 1.29 is 14.6 Å². The molecule has 1 spiro atoms. The molecule has 0 unspecified atom stereocenters. The quantitative estimate of drug-likeness (QED) is 0.455. The number of hydrogen-bond donors (Lipinski definition) is 1. The number of methoxy groups -OCH3 is 1. The Balaban J connectivity index is 1.48. The van der Waals surface area contributed by atoms with Gasteiger partial charge in [0.05, 0.1) is 36.1 Å². The minimum Gasteiger partial charge on any atom is -0.506 e. The lowest BCUT2D eigenvalue weighted by atomic mass is 9.65. The minimum absolute atomic E-state index is 0.0283. The number of fused-ring (bicyclic) bond motifs is 2. The molecule has 7 heteroatoms. The fraction of sp³-hybridized carbons (Fsp3) is 0.241. The minimum atomic E-state index is -0.623. The average Bonchev–Trinajstić information content (AvgIpc) is 3.30. The number of carbonyl (C=O) groups is 1. The van der Waals surface area contributed by atoms with Crippen molar-refractivity contribution in [3.05, 3.63) is 94.5 Å². The lowest BCUT2D eigenvalue weighted by Gasteiger charge is -2.37. The zero-order valence-electron chi connectivity index (χ0n) is 20.3. The van der Waals surface area contributed by atoms with Crippen molar-refractivity contribution in [1.29, 1.82) is 0 Å². The zero-order valence-corrected chi connectivity index (χ0v) is 20.3. The van der Waals surface area contributed by atoms with Crippen LogP contribution in [-0.2, 0) is 23.8 Å². The highest BCUT2D eigenvalue weighted by Crippen LogP contribution is 2.57. The average molecular weight is 482 g/mol. The molecule has 1 aliphatic carbocycles. The van der Waals surface area contributed by atoms with Gasteiger partial charge in [0, 0.05) is 18.8 Å². The van der Waals surface area contributed by atoms with Crippen molar-refractivity contribution in [2.45, 2.75) is 31.2 Å². The van der Waals surface area contributed by atoms with Crippen molar-refractivity contribution >= 4 is 11.6 Å². The van der Waals surface area contributed by atoms with Crippen LogP contribution in [0.1, 0.15) is 30.4 Å². The van der Waals surface area contributed by atoms with E-state index >= 15 is 0 Å². The first-order valence-electron chi connectivity index (χ1n) is 12.1. The Morgan fingerprint density at radius 1 is 1.00 bits per heavy atom. The molecule has 182 valence electrons. The van der Waals surface area contributed by atoms with Crippen LogP contribution >= 0.6 is 0 Å². The molecule has 36 heavy (non-hydrogen) atoms. The first kappa shape index (κ1) is 22.2. The Bertz CT molecular complexity index is 1530. The second-order valence-corrected chi connectivity index (χ2v) is 9.65. The summed E-state index contributed by atoms with van der Waals surface area (Å²) in [6.07, 6.45) is 4.24. The zero-order chi connectivity index (χ0) is 25.0. The molecule has 6 rings (SSSR count). The van der Waals surface area contributed by atoms with Gasteiger partial charge in [0.1, 0.15) is 11.5 Å². The van der Waals surface area contributed by atoms with Gasteiger partial charge in [-0.2, -0.15) is 0 Å². The maximum absolute atomic E-state index is 13.8. The van der Waals surface area contributed by atoms with Gasteiger partial charge in [-0.25, -0.2) is 4.79 Å². The third-order valence-electron chi connectivity index (χ3n) is 7.60. The Hall–Kier alpha value is -4.26. The molecule has 0 atom stereocenters. The summed E-state index contributed by atoms with van der Waals surface area (Å²) in [6.45, 7) is 0.366. The standard InChI is InChI=1S/C29H27N3O4/c1-30-18-24(32(28(30)35)21-7-4-3-5-8-21)20-15-23-26(25(33)16-20)31(27(34)29(23)13-6-14-29)17-19-9-11-22(36-2)12-10-19/h3-5,7-12,15-16,18,33H,6,13-14,17H2,1-2H3. The molecule has 4 aromatic rings. The molecule has 2 aliphatic rings. The molecule has 2 heterocycles. The van der Waals surface area contributed by atoms with Gasteiger partial charge in [-0.15, -0.1) is 0 Å². The second-order valence-electron chi connectivity index (χ2n) is 9.65. The first-order valence-corrected chi connectivity index (χ1v) is 12.1. The number of hydrogen-bond acceptors (Lipinski definition) is 4. The smallest absolute Gasteiger partial charge is 0.332 e. The molecular weight excluding hydrogens is 454 g/mol. The van der Waals surface area contributed by atoms with Crippen LogP contribution in [0.15, 0.2) is 77.7 Å². The number of imidazole rings is 1. The third-order valence-corrected chi connectivity index (χ3v) is 7.60. The highest BCUT2D eigenvalue weighted by molar-refractivity contribution is 6.10. The maximum atomic E-state index is 13.8. The summed E-state index contributed by atoms with van der Waals surface area (Å²) < 4.78 is 8.43. The number of amides is 1. The summed E-state index contributed by atoms with van der Waals surface area (Å²) in [5.41, 5.74) is 3.70.